The summed E-state index contributed by atoms with van der Waals surface area (Å²) in [6.45, 7) is 8.36. The predicted octanol–water partition coefficient (Wildman–Crippen LogP) is 6.75. The van der Waals surface area contributed by atoms with E-state index >= 15 is 0 Å². The summed E-state index contributed by atoms with van der Waals surface area (Å²) in [4.78, 5) is 31.1. The molecule has 1 aromatic carbocycles. The number of carboxylic acid groups (broad SMARTS) is 1. The number of carbonyl (C=O) groups excluding carboxylic acids is 1. The second kappa shape index (κ2) is 11.7. The Bertz CT molecular complexity index is 1570. The van der Waals surface area contributed by atoms with E-state index in [4.69, 9.17) is 4.42 Å². The summed E-state index contributed by atoms with van der Waals surface area (Å²) in [6, 6.07) is 2.58. The number of piperidine rings is 1. The summed E-state index contributed by atoms with van der Waals surface area (Å²) in [5.74, 6) is -2.00. The van der Waals surface area contributed by atoms with Gasteiger partial charge in [0.2, 0.25) is 5.89 Å². The zero-order valence-corrected chi connectivity index (χ0v) is 25.9. The maximum absolute atomic E-state index is 14.0. The van der Waals surface area contributed by atoms with Crippen molar-refractivity contribution in [1.29, 1.82) is 0 Å². The number of alkyl halides is 6. The van der Waals surface area contributed by atoms with Crippen molar-refractivity contribution in [3.63, 3.8) is 0 Å². The summed E-state index contributed by atoms with van der Waals surface area (Å²) in [5, 5.41) is 27.5. The SMILES string of the molecule is CC(C)(Cc1nnc(-c2nc(C(=O)N3CCCCC3)c(-c3cc(C(C)(C)C)cc(C(O)(C(F)(F)F)C(F)(F)F)c3)s2)o1)C(=O)O. The molecule has 9 nitrogen and oxygen atoms in total. The van der Waals surface area contributed by atoms with Crippen molar-refractivity contribution in [1.82, 2.24) is 20.1 Å². The molecule has 1 aliphatic heterocycles. The van der Waals surface area contributed by atoms with Gasteiger partial charge in [-0.05, 0) is 61.8 Å². The molecule has 0 radical (unpaired) electrons. The van der Waals surface area contributed by atoms with Gasteiger partial charge in [-0.2, -0.15) is 26.3 Å². The van der Waals surface area contributed by atoms with Gasteiger partial charge in [0.1, 0.15) is 5.69 Å². The number of aromatic nitrogens is 3. The molecule has 16 heteroatoms. The molecule has 2 N–H and O–H groups in total. The molecule has 0 saturated carbocycles. The van der Waals surface area contributed by atoms with Crippen LogP contribution in [0, 0.1) is 5.41 Å². The Hall–Kier alpha value is -3.53. The summed E-state index contributed by atoms with van der Waals surface area (Å²) >= 11 is 0.734. The van der Waals surface area contributed by atoms with Crippen LogP contribution in [0.15, 0.2) is 22.6 Å². The molecule has 0 atom stereocenters. The van der Waals surface area contributed by atoms with Crippen LogP contribution in [0.2, 0.25) is 0 Å². The van der Waals surface area contributed by atoms with Crippen molar-refractivity contribution in [2.75, 3.05) is 13.1 Å². The fourth-order valence-corrected chi connectivity index (χ4v) is 5.72. The number of amides is 1. The van der Waals surface area contributed by atoms with E-state index < -0.39 is 46.2 Å². The average molecular weight is 663 g/mol. The molecule has 0 spiro atoms. The third kappa shape index (κ3) is 6.71. The number of nitrogens with zero attached hydrogens (tertiary/aromatic N) is 4. The molecule has 1 fully saturated rings. The minimum Gasteiger partial charge on any atom is -0.481 e. The number of aliphatic carboxylic acids is 1. The molecule has 2 aromatic heterocycles. The normalized spacial score (nSPS) is 15.4. The molecule has 0 aliphatic carbocycles. The van der Waals surface area contributed by atoms with Crippen molar-refractivity contribution >= 4 is 23.2 Å². The molecule has 3 aromatic rings. The fourth-order valence-electron chi connectivity index (χ4n) is 4.75. The highest BCUT2D eigenvalue weighted by atomic mass is 32.1. The van der Waals surface area contributed by atoms with E-state index in [0.29, 0.717) is 38.1 Å². The lowest BCUT2D eigenvalue weighted by Crippen LogP contribution is -2.54. The van der Waals surface area contributed by atoms with E-state index in [9.17, 15) is 46.1 Å². The number of carboxylic acids is 1. The van der Waals surface area contributed by atoms with Gasteiger partial charge >= 0.3 is 18.3 Å². The zero-order chi connectivity index (χ0) is 33.8. The first-order valence-corrected chi connectivity index (χ1v) is 14.8. The number of thiazole rings is 1. The highest BCUT2D eigenvalue weighted by molar-refractivity contribution is 7.18. The van der Waals surface area contributed by atoms with Crippen LogP contribution in [0.5, 0.6) is 0 Å². The molecule has 1 amide bonds. The number of aliphatic hydroxyl groups is 1. The molecule has 1 aliphatic rings. The molecular formula is C29H32F6N4O5S. The Balaban J connectivity index is 1.95. The van der Waals surface area contributed by atoms with Crippen LogP contribution in [-0.2, 0) is 22.2 Å². The molecule has 0 bridgehead atoms. The zero-order valence-electron chi connectivity index (χ0n) is 25.1. The second-order valence-corrected chi connectivity index (χ2v) is 13.7. The molecule has 3 heterocycles. The van der Waals surface area contributed by atoms with Gasteiger partial charge in [0.25, 0.3) is 17.4 Å². The van der Waals surface area contributed by atoms with Gasteiger partial charge in [-0.1, -0.05) is 26.8 Å². The van der Waals surface area contributed by atoms with Crippen LogP contribution in [0.3, 0.4) is 0 Å². The molecule has 0 unspecified atom stereocenters. The van der Waals surface area contributed by atoms with E-state index in [-0.39, 0.29) is 44.9 Å². The van der Waals surface area contributed by atoms with Crippen LogP contribution < -0.4 is 0 Å². The quantitative estimate of drug-likeness (QED) is 0.266. The Morgan fingerprint density at radius 3 is 2.02 bits per heavy atom. The van der Waals surface area contributed by atoms with Crippen LogP contribution in [0.1, 0.15) is 81.4 Å². The van der Waals surface area contributed by atoms with Gasteiger partial charge in [0, 0.05) is 25.1 Å². The number of benzene rings is 1. The number of halogens is 6. The Labute approximate surface area is 258 Å². The fraction of sp³-hybridized carbons (Fsp3) is 0.552. The van der Waals surface area contributed by atoms with Crippen LogP contribution in [0.4, 0.5) is 26.3 Å². The number of hydrogen-bond acceptors (Lipinski definition) is 8. The van der Waals surface area contributed by atoms with E-state index in [0.717, 1.165) is 17.8 Å². The highest BCUT2D eigenvalue weighted by Crippen LogP contribution is 2.52. The molecule has 1 saturated heterocycles. The number of likely N-dealkylation sites (tertiary alicyclic amines) is 1. The standard InChI is InChI=1S/C29H32F6N4O5S/c1-25(2,3)16-11-15(12-17(13-16)27(43,28(30,31)32)29(33,34)35)20-19(23(40)39-9-7-6-8-10-39)36-22(45-20)21-38-37-18(44-21)14-26(4,5)24(41)42/h11-13,43H,6-10,14H2,1-5H3,(H,41,42). The highest BCUT2D eigenvalue weighted by Gasteiger charge is 2.71. The van der Waals surface area contributed by atoms with E-state index in [2.05, 4.69) is 15.2 Å². The van der Waals surface area contributed by atoms with Crippen LogP contribution >= 0.6 is 11.3 Å². The Kier molecular flexibility index (Phi) is 8.91. The summed E-state index contributed by atoms with van der Waals surface area (Å²) in [7, 11) is 0. The number of carbonyl (C=O) groups is 2. The Morgan fingerprint density at radius 1 is 0.911 bits per heavy atom. The van der Waals surface area contributed by atoms with E-state index in [1.807, 2.05) is 0 Å². The van der Waals surface area contributed by atoms with Gasteiger partial charge in [-0.15, -0.1) is 21.5 Å². The lowest BCUT2D eigenvalue weighted by atomic mass is 9.81. The summed E-state index contributed by atoms with van der Waals surface area (Å²) in [6.07, 6.45) is -10.2. The molecule has 246 valence electrons. The first-order chi connectivity index (χ1) is 20.6. The maximum Gasteiger partial charge on any atom is 0.430 e. The lowest BCUT2D eigenvalue weighted by Gasteiger charge is -2.34. The monoisotopic (exact) mass is 662 g/mol. The molecular weight excluding hydrogens is 630 g/mol. The van der Waals surface area contributed by atoms with Gasteiger partial charge < -0.3 is 19.5 Å². The lowest BCUT2D eigenvalue weighted by molar-refractivity contribution is -0.376. The van der Waals surface area contributed by atoms with E-state index in [1.165, 1.54) is 24.8 Å². The van der Waals surface area contributed by atoms with Gasteiger partial charge in [0.15, 0.2) is 5.01 Å². The first kappa shape index (κ1) is 34.3. The van der Waals surface area contributed by atoms with Crippen LogP contribution in [-0.4, -0.2) is 67.6 Å². The third-order valence-corrected chi connectivity index (χ3v) is 8.69. The number of hydrogen-bond donors (Lipinski definition) is 2. The summed E-state index contributed by atoms with van der Waals surface area (Å²) in [5.41, 5.74) is -9.35. The number of rotatable bonds is 7. The van der Waals surface area contributed by atoms with Crippen molar-refractivity contribution < 1.29 is 50.6 Å². The van der Waals surface area contributed by atoms with Crippen LogP contribution in [0.25, 0.3) is 21.3 Å². The van der Waals surface area contributed by atoms with Gasteiger partial charge in [-0.3, -0.25) is 9.59 Å². The van der Waals surface area contributed by atoms with Crippen molar-refractivity contribution in [2.24, 2.45) is 5.41 Å². The Morgan fingerprint density at radius 2 is 1.49 bits per heavy atom. The average Bonchev–Trinajstić information content (AvgIpc) is 3.58. The predicted molar refractivity (Wildman–Crippen MR) is 150 cm³/mol. The van der Waals surface area contributed by atoms with Gasteiger partial charge in [0.05, 0.1) is 10.3 Å². The molecule has 45 heavy (non-hydrogen) atoms. The second-order valence-electron chi connectivity index (χ2n) is 12.7. The maximum atomic E-state index is 14.0. The van der Waals surface area contributed by atoms with Crippen molar-refractivity contribution in [3.05, 3.63) is 40.9 Å². The molecule has 4 rings (SSSR count). The largest absolute Gasteiger partial charge is 0.481 e. The smallest absolute Gasteiger partial charge is 0.430 e. The topological polar surface area (TPSA) is 130 Å². The first-order valence-electron chi connectivity index (χ1n) is 13.9. The van der Waals surface area contributed by atoms with Gasteiger partial charge in [-0.25, -0.2) is 4.98 Å². The van der Waals surface area contributed by atoms with Crippen molar-refractivity contribution in [2.45, 2.75) is 83.7 Å². The van der Waals surface area contributed by atoms with E-state index in [1.54, 1.807) is 20.8 Å². The minimum absolute atomic E-state index is 0.0317. The minimum atomic E-state index is -6.13. The van der Waals surface area contributed by atoms with Crippen molar-refractivity contribution in [3.8, 4) is 21.3 Å². The third-order valence-electron chi connectivity index (χ3n) is 7.59. The summed E-state index contributed by atoms with van der Waals surface area (Å²) < 4.78 is 89.6.